The van der Waals surface area contributed by atoms with Crippen LogP contribution >= 0.6 is 15.9 Å². The Balaban J connectivity index is 1.70. The minimum Gasteiger partial charge on any atom is -0.375 e. The molecule has 0 saturated heterocycles. The van der Waals surface area contributed by atoms with Crippen molar-refractivity contribution in [2.24, 2.45) is 5.92 Å². The van der Waals surface area contributed by atoms with Gasteiger partial charge in [-0.05, 0) is 30.2 Å². The summed E-state index contributed by atoms with van der Waals surface area (Å²) in [5, 5.41) is 11.7. The van der Waals surface area contributed by atoms with Gasteiger partial charge in [0.25, 0.3) is 5.91 Å². The van der Waals surface area contributed by atoms with E-state index in [0.29, 0.717) is 29.8 Å². The number of Topliss-reactive ketones (excluding diaryl/α,β-unsaturated/α-hetero) is 1. The molecule has 0 spiro atoms. The van der Waals surface area contributed by atoms with Crippen molar-refractivity contribution in [3.8, 4) is 0 Å². The van der Waals surface area contributed by atoms with Crippen molar-refractivity contribution in [2.75, 3.05) is 11.4 Å². The van der Waals surface area contributed by atoms with Gasteiger partial charge in [0, 0.05) is 22.1 Å². The van der Waals surface area contributed by atoms with Crippen molar-refractivity contribution in [1.29, 1.82) is 0 Å². The second-order valence-corrected chi connectivity index (χ2v) is 8.49. The van der Waals surface area contributed by atoms with Crippen LogP contribution in [0.5, 0.6) is 0 Å². The molecule has 1 amide bonds. The Morgan fingerprint density at radius 1 is 1.03 bits per heavy atom. The molecule has 0 saturated carbocycles. The summed E-state index contributed by atoms with van der Waals surface area (Å²) in [7, 11) is 0. The van der Waals surface area contributed by atoms with E-state index in [2.05, 4.69) is 15.9 Å². The normalized spacial score (nSPS) is 18.9. The zero-order valence-corrected chi connectivity index (χ0v) is 18.2. The molecule has 3 aromatic carbocycles. The predicted octanol–water partition coefficient (Wildman–Crippen LogP) is 4.75. The Kier molecular flexibility index (Phi) is 5.58. The van der Waals surface area contributed by atoms with Crippen LogP contribution in [0.15, 0.2) is 83.3 Å². The summed E-state index contributed by atoms with van der Waals surface area (Å²) in [6, 6.07) is 24.1. The van der Waals surface area contributed by atoms with Gasteiger partial charge in [-0.25, -0.2) is 0 Å². The number of aliphatic hydroxyl groups is 1. The Labute approximate surface area is 184 Å². The van der Waals surface area contributed by atoms with Gasteiger partial charge in [0.15, 0.2) is 11.4 Å². The van der Waals surface area contributed by atoms with Crippen LogP contribution in [0.25, 0.3) is 0 Å². The molecule has 0 unspecified atom stereocenters. The number of carbonyl (C=O) groups is 2. The molecule has 4 nitrogen and oxygen atoms in total. The fourth-order valence-electron chi connectivity index (χ4n) is 4.05. The summed E-state index contributed by atoms with van der Waals surface area (Å²) in [6.45, 7) is 2.05. The highest BCUT2D eigenvalue weighted by atomic mass is 79.9. The molecule has 0 fully saturated rings. The van der Waals surface area contributed by atoms with Crippen molar-refractivity contribution >= 4 is 33.3 Å². The highest BCUT2D eigenvalue weighted by molar-refractivity contribution is 9.10. The van der Waals surface area contributed by atoms with Crippen LogP contribution in [0.3, 0.4) is 0 Å². The number of benzene rings is 3. The average Bonchev–Trinajstić information content (AvgIpc) is 2.99. The largest absolute Gasteiger partial charge is 0.375 e. The molecule has 0 radical (unpaired) electrons. The number of fused-ring (bicyclic) bond motifs is 1. The van der Waals surface area contributed by atoms with Crippen LogP contribution in [-0.2, 0) is 16.8 Å². The van der Waals surface area contributed by atoms with Crippen molar-refractivity contribution in [3.63, 3.8) is 0 Å². The van der Waals surface area contributed by atoms with Gasteiger partial charge in [-0.15, -0.1) is 0 Å². The van der Waals surface area contributed by atoms with E-state index in [1.165, 1.54) is 0 Å². The fourth-order valence-corrected chi connectivity index (χ4v) is 4.41. The summed E-state index contributed by atoms with van der Waals surface area (Å²) in [6.07, 6.45) is 0.652. The van der Waals surface area contributed by atoms with Gasteiger partial charge in [0.1, 0.15) is 0 Å². The molecule has 0 aromatic heterocycles. The molecule has 1 heterocycles. The molecule has 1 aliphatic heterocycles. The van der Waals surface area contributed by atoms with Crippen molar-refractivity contribution < 1.29 is 14.7 Å². The van der Waals surface area contributed by atoms with E-state index >= 15 is 0 Å². The molecule has 30 heavy (non-hydrogen) atoms. The summed E-state index contributed by atoms with van der Waals surface area (Å²) in [5.74, 6) is -1.65. The predicted molar refractivity (Wildman–Crippen MR) is 120 cm³/mol. The molecule has 1 N–H and O–H groups in total. The molecule has 152 valence electrons. The van der Waals surface area contributed by atoms with E-state index in [4.69, 9.17) is 0 Å². The van der Waals surface area contributed by atoms with Crippen LogP contribution in [0.2, 0.25) is 0 Å². The summed E-state index contributed by atoms with van der Waals surface area (Å²) < 4.78 is 0.747. The van der Waals surface area contributed by atoms with Gasteiger partial charge in [-0.1, -0.05) is 83.5 Å². The van der Waals surface area contributed by atoms with Crippen molar-refractivity contribution in [2.45, 2.75) is 18.9 Å². The van der Waals surface area contributed by atoms with E-state index in [9.17, 15) is 14.7 Å². The molecular weight excluding hydrogens is 442 g/mol. The lowest BCUT2D eigenvalue weighted by Crippen LogP contribution is -2.47. The Morgan fingerprint density at radius 2 is 1.67 bits per heavy atom. The van der Waals surface area contributed by atoms with E-state index in [1.54, 1.807) is 42.2 Å². The van der Waals surface area contributed by atoms with Crippen molar-refractivity contribution in [1.82, 2.24) is 0 Å². The minimum absolute atomic E-state index is 0.262. The van der Waals surface area contributed by atoms with Crippen LogP contribution in [0.4, 0.5) is 5.69 Å². The second-order valence-electron chi connectivity index (χ2n) is 7.57. The SMILES string of the molecule is C[C@H](C(=O)c1ccccc1)[C@@]1(O)C(=O)N(CCc2ccccc2)c2ccc(Br)cc21. The van der Waals surface area contributed by atoms with Gasteiger partial charge < -0.3 is 10.0 Å². The molecule has 2 atom stereocenters. The number of nitrogens with zero attached hydrogens (tertiary/aromatic N) is 1. The van der Waals surface area contributed by atoms with Gasteiger partial charge in [-0.2, -0.15) is 0 Å². The summed E-state index contributed by atoms with van der Waals surface area (Å²) in [4.78, 5) is 28.2. The third kappa shape index (κ3) is 3.48. The van der Waals surface area contributed by atoms with E-state index in [0.717, 1.165) is 10.0 Å². The Morgan fingerprint density at radius 3 is 2.33 bits per heavy atom. The van der Waals surface area contributed by atoms with Gasteiger partial charge in [0.05, 0.1) is 11.6 Å². The maximum atomic E-state index is 13.5. The minimum atomic E-state index is -1.91. The number of hydrogen-bond acceptors (Lipinski definition) is 3. The van der Waals surface area contributed by atoms with Gasteiger partial charge in [-0.3, -0.25) is 9.59 Å². The number of anilines is 1. The zero-order chi connectivity index (χ0) is 21.3. The first-order chi connectivity index (χ1) is 14.4. The Hall–Kier alpha value is -2.76. The summed E-state index contributed by atoms with van der Waals surface area (Å²) >= 11 is 3.44. The Bertz CT molecular complexity index is 1080. The number of ketones is 1. The number of halogens is 1. The number of rotatable bonds is 6. The number of amides is 1. The lowest BCUT2D eigenvalue weighted by Gasteiger charge is -2.28. The van der Waals surface area contributed by atoms with E-state index in [1.807, 2.05) is 48.5 Å². The van der Waals surface area contributed by atoms with Crippen LogP contribution in [0, 0.1) is 5.92 Å². The smallest absolute Gasteiger partial charge is 0.264 e. The van der Waals surface area contributed by atoms with Gasteiger partial charge in [0.2, 0.25) is 0 Å². The first-order valence-electron chi connectivity index (χ1n) is 9.90. The lowest BCUT2D eigenvalue weighted by molar-refractivity contribution is -0.139. The van der Waals surface area contributed by atoms with Crippen LogP contribution < -0.4 is 4.90 Å². The number of hydrogen-bond donors (Lipinski definition) is 1. The summed E-state index contributed by atoms with van der Waals surface area (Å²) in [5.41, 5.74) is 0.780. The molecule has 1 aliphatic rings. The number of carbonyl (C=O) groups excluding carboxylic acids is 2. The molecule has 3 aromatic rings. The highest BCUT2D eigenvalue weighted by Crippen LogP contribution is 2.46. The topological polar surface area (TPSA) is 57.6 Å². The maximum Gasteiger partial charge on any atom is 0.264 e. The molecular formula is C25H22BrNO3. The zero-order valence-electron chi connectivity index (χ0n) is 16.6. The quantitative estimate of drug-likeness (QED) is 0.536. The van der Waals surface area contributed by atoms with Crippen molar-refractivity contribution in [3.05, 3.63) is 100 Å². The van der Waals surface area contributed by atoms with Gasteiger partial charge >= 0.3 is 0 Å². The second kappa shape index (κ2) is 8.17. The fraction of sp³-hybridized carbons (Fsp3) is 0.200. The standard InChI is InChI=1S/C25H22BrNO3/c1-17(23(28)19-10-6-3-7-11-19)25(30)21-16-20(26)12-13-22(21)27(24(25)29)15-14-18-8-4-2-5-9-18/h2-13,16-17,30H,14-15H2,1H3/t17-,25+/m1/s1. The van der Waals surface area contributed by atoms with E-state index in [-0.39, 0.29) is 5.78 Å². The third-order valence-corrected chi connectivity index (χ3v) is 6.27. The maximum absolute atomic E-state index is 13.5. The third-order valence-electron chi connectivity index (χ3n) is 5.78. The van der Waals surface area contributed by atoms with Crippen LogP contribution in [0.1, 0.15) is 28.4 Å². The molecule has 5 heteroatoms. The first-order valence-corrected chi connectivity index (χ1v) is 10.7. The lowest BCUT2D eigenvalue weighted by atomic mass is 9.79. The average molecular weight is 464 g/mol. The van der Waals surface area contributed by atoms with E-state index < -0.39 is 17.4 Å². The molecule has 0 aliphatic carbocycles. The highest BCUT2D eigenvalue weighted by Gasteiger charge is 2.55. The molecule has 0 bridgehead atoms. The monoisotopic (exact) mass is 463 g/mol. The molecule has 4 rings (SSSR count). The van der Waals surface area contributed by atoms with Crippen LogP contribution in [-0.4, -0.2) is 23.3 Å². The first kappa shape index (κ1) is 20.5.